The number of oxazole rings is 1. The van der Waals surface area contributed by atoms with Gasteiger partial charge in [-0.05, 0) is 62.9 Å². The minimum absolute atomic E-state index is 0.0138. The Hall–Kier alpha value is -2.65. The summed E-state index contributed by atoms with van der Waals surface area (Å²) in [4.78, 5) is 21.3. The molecule has 0 atom stereocenters. The van der Waals surface area contributed by atoms with Crippen LogP contribution in [0.1, 0.15) is 44.6 Å². The number of anilines is 1. The van der Waals surface area contributed by atoms with Crippen molar-refractivity contribution in [3.63, 3.8) is 0 Å². The van der Waals surface area contributed by atoms with Crippen LogP contribution in [0.3, 0.4) is 0 Å². The number of amides is 1. The summed E-state index contributed by atoms with van der Waals surface area (Å²) >= 11 is 19.4. The first-order valence-corrected chi connectivity index (χ1v) is 14.2. The van der Waals surface area contributed by atoms with E-state index < -0.39 is 15.3 Å². The maximum atomic E-state index is 12.6. The second kappa shape index (κ2) is 10.6. The second-order valence-corrected chi connectivity index (χ2v) is 12.5. The van der Waals surface area contributed by atoms with E-state index in [2.05, 4.69) is 22.0 Å². The van der Waals surface area contributed by atoms with E-state index in [-0.39, 0.29) is 23.0 Å². The SMILES string of the molecule is C=N/C(=C\C=C(/C)S(=O)(=O)CC)CC(=O)Nc1cc(Cl)c(C2(c3nc4ccc(Cl)cc4o3)CC2)c(Cl)c1. The molecule has 37 heavy (non-hydrogen) atoms. The van der Waals surface area contributed by atoms with Crippen molar-refractivity contribution in [2.75, 3.05) is 11.1 Å². The van der Waals surface area contributed by atoms with Crippen molar-refractivity contribution in [3.05, 3.63) is 79.6 Å². The highest BCUT2D eigenvalue weighted by Crippen LogP contribution is 2.57. The first-order valence-electron chi connectivity index (χ1n) is 11.4. The highest BCUT2D eigenvalue weighted by Gasteiger charge is 2.52. The summed E-state index contributed by atoms with van der Waals surface area (Å²) in [6.45, 7) is 6.52. The number of rotatable bonds is 9. The minimum atomic E-state index is -3.32. The molecule has 1 fully saturated rings. The highest BCUT2D eigenvalue weighted by atomic mass is 35.5. The molecule has 0 radical (unpaired) electrons. The van der Waals surface area contributed by atoms with Crippen LogP contribution in [0, 0.1) is 0 Å². The standard InChI is InChI=1S/C26H24Cl3N3O4S/c1-4-37(34,35)15(2)5-7-17(30-3)14-23(33)31-18-12-19(28)24(20(29)13-18)26(9-10-26)25-32-21-8-6-16(27)11-22(21)36-25/h5-8,11-13H,3-4,9-10,14H2,1-2H3,(H,31,33)/b15-5+,17-7-. The van der Waals surface area contributed by atoms with E-state index in [0.29, 0.717) is 49.0 Å². The summed E-state index contributed by atoms with van der Waals surface area (Å²) in [6, 6.07) is 8.52. The van der Waals surface area contributed by atoms with Crippen LogP contribution in [0.4, 0.5) is 5.69 Å². The number of hydrogen-bond acceptors (Lipinski definition) is 6. The number of halogens is 3. The molecule has 1 amide bonds. The van der Waals surface area contributed by atoms with Crippen LogP contribution in [0.5, 0.6) is 0 Å². The molecule has 11 heteroatoms. The molecule has 1 heterocycles. The van der Waals surface area contributed by atoms with E-state index in [1.54, 1.807) is 37.3 Å². The van der Waals surface area contributed by atoms with Gasteiger partial charge in [0.2, 0.25) is 11.8 Å². The van der Waals surface area contributed by atoms with Gasteiger partial charge >= 0.3 is 0 Å². The van der Waals surface area contributed by atoms with Gasteiger partial charge in [0.05, 0.1) is 17.6 Å². The summed E-state index contributed by atoms with van der Waals surface area (Å²) in [5.74, 6) is 0.116. The van der Waals surface area contributed by atoms with Crippen molar-refractivity contribution < 1.29 is 17.6 Å². The molecule has 1 N–H and O–H groups in total. The van der Waals surface area contributed by atoms with Gasteiger partial charge in [0, 0.05) is 43.0 Å². The summed E-state index contributed by atoms with van der Waals surface area (Å²) in [5, 5.41) is 4.06. The Kier molecular flexibility index (Phi) is 7.85. The largest absolute Gasteiger partial charge is 0.440 e. The topological polar surface area (TPSA) is 102 Å². The molecular formula is C26H24Cl3N3O4S. The van der Waals surface area contributed by atoms with Gasteiger partial charge in [-0.2, -0.15) is 0 Å². The highest BCUT2D eigenvalue weighted by molar-refractivity contribution is 7.95. The Morgan fingerprint density at radius 3 is 2.46 bits per heavy atom. The van der Waals surface area contributed by atoms with Crippen LogP contribution in [-0.4, -0.2) is 31.8 Å². The molecule has 3 aromatic rings. The molecule has 1 aliphatic carbocycles. The predicted octanol–water partition coefficient (Wildman–Crippen LogP) is 7.12. The molecule has 1 saturated carbocycles. The fourth-order valence-electron chi connectivity index (χ4n) is 3.98. The van der Waals surface area contributed by atoms with Crippen LogP contribution in [0.25, 0.3) is 11.1 Å². The van der Waals surface area contributed by atoms with Gasteiger partial charge in [0.25, 0.3) is 0 Å². The molecule has 7 nitrogen and oxygen atoms in total. The number of hydrogen-bond donors (Lipinski definition) is 1. The van der Waals surface area contributed by atoms with E-state index in [4.69, 9.17) is 39.2 Å². The molecule has 4 rings (SSSR count). The zero-order valence-electron chi connectivity index (χ0n) is 20.1. The average Bonchev–Trinajstić information content (AvgIpc) is 3.52. The van der Waals surface area contributed by atoms with Crippen LogP contribution < -0.4 is 5.32 Å². The number of carbonyl (C=O) groups is 1. The molecule has 194 valence electrons. The maximum absolute atomic E-state index is 12.6. The van der Waals surface area contributed by atoms with Gasteiger partial charge < -0.3 is 9.73 Å². The Labute approximate surface area is 230 Å². The van der Waals surface area contributed by atoms with E-state index in [9.17, 15) is 13.2 Å². The number of sulfone groups is 1. The summed E-state index contributed by atoms with van der Waals surface area (Å²) in [7, 11) is -3.32. The number of aromatic nitrogens is 1. The number of benzene rings is 2. The van der Waals surface area contributed by atoms with Crippen LogP contribution in [0.15, 0.2) is 62.5 Å². The lowest BCUT2D eigenvalue weighted by atomic mass is 9.95. The molecule has 2 aromatic carbocycles. The van der Waals surface area contributed by atoms with E-state index in [1.165, 1.54) is 19.1 Å². The summed E-state index contributed by atoms with van der Waals surface area (Å²) in [6.07, 6.45) is 4.28. The van der Waals surface area contributed by atoms with Gasteiger partial charge in [0.1, 0.15) is 5.52 Å². The van der Waals surface area contributed by atoms with Gasteiger partial charge in [-0.3, -0.25) is 9.79 Å². The molecular weight excluding hydrogens is 557 g/mol. The first-order chi connectivity index (χ1) is 17.5. The van der Waals surface area contributed by atoms with E-state index in [0.717, 1.165) is 12.8 Å². The zero-order chi connectivity index (χ0) is 27.0. The summed E-state index contributed by atoms with van der Waals surface area (Å²) < 4.78 is 29.8. The number of nitrogens with one attached hydrogen (secondary N) is 1. The summed E-state index contributed by atoms with van der Waals surface area (Å²) in [5.41, 5.74) is 2.14. The molecule has 0 unspecified atom stereocenters. The monoisotopic (exact) mass is 579 g/mol. The smallest absolute Gasteiger partial charge is 0.230 e. The molecule has 0 saturated heterocycles. The first kappa shape index (κ1) is 27.4. The van der Waals surface area contributed by atoms with Gasteiger partial charge in [-0.1, -0.05) is 41.7 Å². The number of allylic oxidation sites excluding steroid dienone is 3. The minimum Gasteiger partial charge on any atom is -0.440 e. The third-order valence-corrected chi connectivity index (χ3v) is 8.95. The predicted molar refractivity (Wildman–Crippen MR) is 150 cm³/mol. The number of aliphatic imine (C=N–C) groups is 1. The van der Waals surface area contributed by atoms with Crippen LogP contribution >= 0.6 is 34.8 Å². The number of carbonyl (C=O) groups excluding carboxylic acids is 1. The van der Waals surface area contributed by atoms with E-state index >= 15 is 0 Å². The fourth-order valence-corrected chi connectivity index (χ4v) is 5.73. The maximum Gasteiger partial charge on any atom is 0.230 e. The Morgan fingerprint density at radius 1 is 1.19 bits per heavy atom. The van der Waals surface area contributed by atoms with Gasteiger partial charge in [-0.15, -0.1) is 0 Å². The second-order valence-electron chi connectivity index (χ2n) is 8.75. The van der Waals surface area contributed by atoms with Gasteiger partial charge in [0.15, 0.2) is 15.4 Å². The molecule has 0 aliphatic heterocycles. The molecule has 1 aliphatic rings. The Balaban J connectivity index is 1.54. The van der Waals surface area contributed by atoms with Crippen molar-refractivity contribution in [2.45, 2.75) is 38.5 Å². The lowest BCUT2D eigenvalue weighted by Gasteiger charge is -2.17. The third kappa shape index (κ3) is 5.77. The Morgan fingerprint density at radius 2 is 1.86 bits per heavy atom. The van der Waals surface area contributed by atoms with Gasteiger partial charge in [-0.25, -0.2) is 13.4 Å². The van der Waals surface area contributed by atoms with Crippen molar-refractivity contribution >= 4 is 74.1 Å². The fraction of sp³-hybridized carbons (Fsp3) is 0.269. The lowest BCUT2D eigenvalue weighted by Crippen LogP contribution is -2.14. The van der Waals surface area contributed by atoms with Crippen molar-refractivity contribution in [2.24, 2.45) is 4.99 Å². The van der Waals surface area contributed by atoms with Crippen molar-refractivity contribution in [3.8, 4) is 0 Å². The zero-order valence-corrected chi connectivity index (χ0v) is 23.2. The number of fused-ring (bicyclic) bond motifs is 1. The third-order valence-electron chi connectivity index (χ3n) is 6.24. The number of nitrogens with zero attached hydrogens (tertiary/aromatic N) is 2. The average molecular weight is 581 g/mol. The van der Waals surface area contributed by atoms with Crippen molar-refractivity contribution in [1.29, 1.82) is 0 Å². The molecule has 0 spiro atoms. The normalized spacial score (nSPS) is 15.6. The lowest BCUT2D eigenvalue weighted by molar-refractivity contribution is -0.115. The van der Waals surface area contributed by atoms with Crippen LogP contribution in [0.2, 0.25) is 15.1 Å². The van der Waals surface area contributed by atoms with Crippen LogP contribution in [-0.2, 0) is 20.0 Å². The quantitative estimate of drug-likeness (QED) is 0.214. The Bertz CT molecular complexity index is 1550. The molecule has 1 aromatic heterocycles. The van der Waals surface area contributed by atoms with Crippen molar-refractivity contribution in [1.82, 2.24) is 4.98 Å². The van der Waals surface area contributed by atoms with E-state index in [1.807, 2.05) is 0 Å². The molecule has 0 bridgehead atoms.